The summed E-state index contributed by atoms with van der Waals surface area (Å²) in [5.41, 5.74) is 0.757. The van der Waals surface area contributed by atoms with Crippen LogP contribution in [-0.2, 0) is 0 Å². The van der Waals surface area contributed by atoms with E-state index >= 15 is 0 Å². The van der Waals surface area contributed by atoms with Crippen molar-refractivity contribution in [2.75, 3.05) is 0 Å². The van der Waals surface area contributed by atoms with Crippen molar-refractivity contribution in [3.63, 3.8) is 0 Å². The Morgan fingerprint density at radius 1 is 1.54 bits per heavy atom. The third-order valence-corrected chi connectivity index (χ3v) is 2.72. The first-order valence-corrected chi connectivity index (χ1v) is 4.56. The molecule has 1 aromatic heterocycles. The maximum Gasteiger partial charge on any atom is 0.253 e. The second kappa shape index (κ2) is 3.00. The predicted molar refractivity (Wildman–Crippen MR) is 49.7 cm³/mol. The van der Waals surface area contributed by atoms with Crippen LogP contribution < -0.4 is 5.56 Å². The maximum absolute atomic E-state index is 11.6. The van der Waals surface area contributed by atoms with Crippen molar-refractivity contribution >= 4 is 0 Å². The summed E-state index contributed by atoms with van der Waals surface area (Å²) in [6.07, 6.45) is 3.14. The van der Waals surface area contributed by atoms with E-state index in [9.17, 15) is 9.90 Å². The summed E-state index contributed by atoms with van der Waals surface area (Å²) in [7, 11) is 0. The van der Waals surface area contributed by atoms with Crippen molar-refractivity contribution in [1.82, 2.24) is 4.57 Å². The number of rotatable bonds is 1. The summed E-state index contributed by atoms with van der Waals surface area (Å²) in [4.78, 5) is 11.6. The molecule has 1 N–H and O–H groups in total. The van der Waals surface area contributed by atoms with Gasteiger partial charge in [-0.25, -0.2) is 0 Å². The van der Waals surface area contributed by atoms with E-state index in [2.05, 4.69) is 0 Å². The van der Waals surface area contributed by atoms with E-state index in [-0.39, 0.29) is 17.7 Å². The molecule has 0 radical (unpaired) electrons. The number of aromatic nitrogens is 1. The lowest BCUT2D eigenvalue weighted by Crippen LogP contribution is -2.39. The Balaban J connectivity index is 2.40. The summed E-state index contributed by atoms with van der Waals surface area (Å²) in [6.45, 7) is 1.80. The van der Waals surface area contributed by atoms with Crippen molar-refractivity contribution in [2.45, 2.75) is 31.9 Å². The quantitative estimate of drug-likeness (QED) is 0.694. The molecule has 3 nitrogen and oxygen atoms in total. The van der Waals surface area contributed by atoms with Gasteiger partial charge in [-0.2, -0.15) is 0 Å². The fraction of sp³-hybridized carbons (Fsp3) is 0.500. The molecule has 1 aliphatic rings. The molecule has 0 saturated heterocycles. The molecule has 0 amide bonds. The Hall–Kier alpha value is -1.09. The van der Waals surface area contributed by atoms with Crippen LogP contribution in [0, 0.1) is 6.92 Å². The highest BCUT2D eigenvalue weighted by molar-refractivity contribution is 5.09. The van der Waals surface area contributed by atoms with Crippen molar-refractivity contribution in [3.05, 3.63) is 34.2 Å². The minimum atomic E-state index is -0.334. The van der Waals surface area contributed by atoms with Crippen LogP contribution in [-0.4, -0.2) is 15.8 Å². The van der Waals surface area contributed by atoms with Crippen LogP contribution in [0.4, 0.5) is 0 Å². The van der Waals surface area contributed by atoms with Gasteiger partial charge in [0.15, 0.2) is 0 Å². The van der Waals surface area contributed by atoms with Gasteiger partial charge in [0.1, 0.15) is 0 Å². The Labute approximate surface area is 76.6 Å². The molecule has 1 aliphatic carbocycles. The standard InChI is InChI=1S/C10H13NO2/c1-7-3-2-6-11(10(7)13)8-4-5-9(8)12/h2-3,6,8-9,12H,4-5H2,1H3/t8?,9-/m1/s1. The topological polar surface area (TPSA) is 42.2 Å². The number of aryl methyl sites for hydroxylation is 1. The minimum Gasteiger partial charge on any atom is -0.391 e. The molecule has 1 heterocycles. The third-order valence-electron chi connectivity index (χ3n) is 2.72. The van der Waals surface area contributed by atoms with E-state index in [0.717, 1.165) is 18.4 Å². The zero-order valence-electron chi connectivity index (χ0n) is 7.60. The van der Waals surface area contributed by atoms with Gasteiger partial charge in [-0.15, -0.1) is 0 Å². The van der Waals surface area contributed by atoms with Gasteiger partial charge in [-0.1, -0.05) is 6.07 Å². The molecule has 2 rings (SSSR count). The summed E-state index contributed by atoms with van der Waals surface area (Å²) < 4.78 is 1.64. The number of hydrogen-bond donors (Lipinski definition) is 1. The smallest absolute Gasteiger partial charge is 0.253 e. The van der Waals surface area contributed by atoms with Crippen LogP contribution in [0.3, 0.4) is 0 Å². The SMILES string of the molecule is Cc1cccn(C2CC[C@H]2O)c1=O. The number of nitrogens with zero attached hydrogens (tertiary/aromatic N) is 1. The second-order valence-electron chi connectivity index (χ2n) is 3.62. The molecule has 1 fully saturated rings. The van der Waals surface area contributed by atoms with Crippen molar-refractivity contribution in [1.29, 1.82) is 0 Å². The first-order valence-electron chi connectivity index (χ1n) is 4.56. The molecular weight excluding hydrogens is 166 g/mol. The van der Waals surface area contributed by atoms with E-state index < -0.39 is 0 Å². The van der Waals surface area contributed by atoms with Gasteiger partial charge in [-0.3, -0.25) is 4.79 Å². The van der Waals surface area contributed by atoms with Crippen molar-refractivity contribution in [2.24, 2.45) is 0 Å². The highest BCUT2D eigenvalue weighted by Crippen LogP contribution is 2.30. The summed E-state index contributed by atoms with van der Waals surface area (Å²) >= 11 is 0. The molecule has 3 heteroatoms. The summed E-state index contributed by atoms with van der Waals surface area (Å²) in [5, 5.41) is 9.42. The fourth-order valence-electron chi connectivity index (χ4n) is 1.67. The average Bonchev–Trinajstić information content (AvgIpc) is 2.10. The zero-order valence-corrected chi connectivity index (χ0v) is 7.60. The molecule has 1 unspecified atom stereocenters. The molecular formula is C10H13NO2. The van der Waals surface area contributed by atoms with Crippen LogP contribution in [0.5, 0.6) is 0 Å². The largest absolute Gasteiger partial charge is 0.391 e. The van der Waals surface area contributed by atoms with Gasteiger partial charge in [0.25, 0.3) is 5.56 Å². The lowest BCUT2D eigenvalue weighted by Gasteiger charge is -2.33. The normalized spacial score (nSPS) is 26.9. The third kappa shape index (κ3) is 1.29. The highest BCUT2D eigenvalue weighted by atomic mass is 16.3. The molecule has 1 aromatic rings. The van der Waals surface area contributed by atoms with Gasteiger partial charge in [0, 0.05) is 11.8 Å². The Kier molecular flexibility index (Phi) is 1.96. The second-order valence-corrected chi connectivity index (χ2v) is 3.62. The van der Waals surface area contributed by atoms with Crippen molar-refractivity contribution < 1.29 is 5.11 Å². The van der Waals surface area contributed by atoms with Crippen LogP contribution in [0.15, 0.2) is 23.1 Å². The van der Waals surface area contributed by atoms with E-state index in [4.69, 9.17) is 0 Å². The van der Waals surface area contributed by atoms with Gasteiger partial charge >= 0.3 is 0 Å². The lowest BCUT2D eigenvalue weighted by atomic mass is 9.89. The molecule has 0 aromatic carbocycles. The van der Waals surface area contributed by atoms with E-state index in [1.165, 1.54) is 0 Å². The summed E-state index contributed by atoms with van der Waals surface area (Å²) in [5.74, 6) is 0. The number of pyridine rings is 1. The van der Waals surface area contributed by atoms with Gasteiger partial charge < -0.3 is 9.67 Å². The number of aliphatic hydroxyl groups excluding tert-OH is 1. The minimum absolute atomic E-state index is 0.00685. The number of hydrogen-bond acceptors (Lipinski definition) is 2. The van der Waals surface area contributed by atoms with Gasteiger partial charge in [-0.05, 0) is 25.8 Å². The lowest BCUT2D eigenvalue weighted by molar-refractivity contribution is 0.0298. The average molecular weight is 179 g/mol. The summed E-state index contributed by atoms with van der Waals surface area (Å²) in [6, 6.07) is 3.65. The molecule has 2 atom stereocenters. The van der Waals surface area contributed by atoms with E-state index in [0.29, 0.717) is 0 Å². The Morgan fingerprint density at radius 2 is 2.31 bits per heavy atom. The molecule has 13 heavy (non-hydrogen) atoms. The first kappa shape index (κ1) is 8.51. The highest BCUT2D eigenvalue weighted by Gasteiger charge is 2.30. The number of aliphatic hydroxyl groups is 1. The van der Waals surface area contributed by atoms with E-state index in [1.54, 1.807) is 23.8 Å². The fourth-order valence-corrected chi connectivity index (χ4v) is 1.67. The molecule has 0 bridgehead atoms. The van der Waals surface area contributed by atoms with Gasteiger partial charge in [0.05, 0.1) is 12.1 Å². The van der Waals surface area contributed by atoms with E-state index in [1.807, 2.05) is 6.07 Å². The Bertz CT molecular complexity index is 369. The molecule has 0 aliphatic heterocycles. The predicted octanol–water partition coefficient (Wildman–Crippen LogP) is 0.853. The monoisotopic (exact) mass is 179 g/mol. The molecule has 0 spiro atoms. The van der Waals surface area contributed by atoms with Gasteiger partial charge in [0.2, 0.25) is 0 Å². The Morgan fingerprint density at radius 3 is 2.85 bits per heavy atom. The molecule has 1 saturated carbocycles. The van der Waals surface area contributed by atoms with Crippen LogP contribution >= 0.6 is 0 Å². The first-order chi connectivity index (χ1) is 6.20. The zero-order chi connectivity index (χ0) is 9.42. The van der Waals surface area contributed by atoms with Crippen molar-refractivity contribution in [3.8, 4) is 0 Å². The van der Waals surface area contributed by atoms with Crippen LogP contribution in [0.2, 0.25) is 0 Å². The van der Waals surface area contributed by atoms with Crippen LogP contribution in [0.1, 0.15) is 24.4 Å². The maximum atomic E-state index is 11.6. The molecule has 70 valence electrons. The van der Waals surface area contributed by atoms with Crippen LogP contribution in [0.25, 0.3) is 0 Å².